The zero-order valence-electron chi connectivity index (χ0n) is 18.8. The van der Waals surface area contributed by atoms with Crippen molar-refractivity contribution < 1.29 is 23.9 Å². The first-order valence-corrected chi connectivity index (χ1v) is 11.8. The average Bonchev–Trinajstić information content (AvgIpc) is 3.35. The van der Waals surface area contributed by atoms with Crippen LogP contribution in [0, 0.1) is 0 Å². The van der Waals surface area contributed by atoms with E-state index in [1.807, 2.05) is 41.8 Å². The van der Waals surface area contributed by atoms with Crippen molar-refractivity contribution in [1.82, 2.24) is 15.6 Å². The molecule has 1 aliphatic rings. The van der Waals surface area contributed by atoms with Crippen LogP contribution < -0.4 is 10.6 Å². The van der Waals surface area contributed by atoms with Crippen LogP contribution in [-0.4, -0.2) is 49.8 Å². The van der Waals surface area contributed by atoms with Crippen molar-refractivity contribution in [2.45, 2.75) is 19.3 Å². The Balaban J connectivity index is 1.58. The predicted octanol–water partition coefficient (Wildman–Crippen LogP) is 3.80. The summed E-state index contributed by atoms with van der Waals surface area (Å²) in [5.74, 6) is -1.32. The minimum absolute atomic E-state index is 0.256. The molecule has 2 heterocycles. The summed E-state index contributed by atoms with van der Waals surface area (Å²) >= 11 is 1.65. The number of aromatic nitrogens is 1. The molecule has 2 aromatic heterocycles. The van der Waals surface area contributed by atoms with Gasteiger partial charge >= 0.3 is 12.0 Å². The van der Waals surface area contributed by atoms with Crippen LogP contribution >= 0.6 is 11.3 Å². The van der Waals surface area contributed by atoms with Crippen molar-refractivity contribution in [3.63, 3.8) is 0 Å². The van der Waals surface area contributed by atoms with Crippen molar-refractivity contribution in [3.05, 3.63) is 63.5 Å². The zero-order valence-corrected chi connectivity index (χ0v) is 19.6. The van der Waals surface area contributed by atoms with Crippen molar-refractivity contribution in [2.75, 3.05) is 26.9 Å². The molecule has 0 atom stereocenters. The first kappa shape index (κ1) is 23.6. The molecule has 9 heteroatoms. The monoisotopic (exact) mass is 479 g/mol. The fraction of sp³-hybridized carbons (Fsp3) is 0.280. The number of fused-ring (bicyclic) bond motifs is 2. The molecular weight excluding hydrogens is 454 g/mol. The molecular formula is C25H25N3O5S. The summed E-state index contributed by atoms with van der Waals surface area (Å²) in [5, 5.41) is 7.31. The highest BCUT2D eigenvalue weighted by Crippen LogP contribution is 2.36. The molecule has 0 bridgehead atoms. The number of benzene rings is 1. The molecule has 0 saturated heterocycles. The smallest absolute Gasteiger partial charge is 0.339 e. The standard InChI is InChI=1S/C25H25N3O5S/c1-32-12-11-26-25(31)28-21(29)15-33-24(30)22-18-8-2-3-10-20(18)27-23-16(6-4-9-19(22)23)14-17-7-5-13-34-17/h2-3,5,7-8,10,13-14H,4,6,9,11-12,15H2,1H3,(H2,26,28,29,31)/b16-14-. The molecule has 0 saturated carbocycles. The Kier molecular flexibility index (Phi) is 7.66. The van der Waals surface area contributed by atoms with E-state index in [1.165, 1.54) is 7.11 Å². The lowest BCUT2D eigenvalue weighted by molar-refractivity contribution is -0.123. The van der Waals surface area contributed by atoms with Gasteiger partial charge in [-0.15, -0.1) is 11.3 Å². The number of nitrogens with one attached hydrogen (secondary N) is 2. The van der Waals surface area contributed by atoms with Crippen LogP contribution in [0.2, 0.25) is 0 Å². The molecule has 3 amide bonds. The number of hydrogen-bond acceptors (Lipinski definition) is 7. The number of amides is 3. The Morgan fingerprint density at radius 2 is 2.00 bits per heavy atom. The highest BCUT2D eigenvalue weighted by molar-refractivity contribution is 7.10. The number of thiophene rings is 1. The van der Waals surface area contributed by atoms with E-state index in [2.05, 4.69) is 16.7 Å². The van der Waals surface area contributed by atoms with Crippen LogP contribution in [0.5, 0.6) is 0 Å². The second kappa shape index (κ2) is 11.0. The summed E-state index contributed by atoms with van der Waals surface area (Å²) in [5.41, 5.74) is 3.82. The molecule has 0 aliphatic heterocycles. The normalized spacial score (nSPS) is 14.0. The van der Waals surface area contributed by atoms with Crippen LogP contribution in [-0.2, 0) is 20.7 Å². The first-order valence-electron chi connectivity index (χ1n) is 11.0. The number of carbonyl (C=O) groups excluding carboxylic acids is 3. The molecule has 0 spiro atoms. The number of hydrogen-bond donors (Lipinski definition) is 2. The number of nitrogens with zero attached hydrogens (tertiary/aromatic N) is 1. The van der Waals surface area contributed by atoms with Crippen LogP contribution in [0.3, 0.4) is 0 Å². The van der Waals surface area contributed by atoms with Crippen LogP contribution in [0.15, 0.2) is 41.8 Å². The second-order valence-corrected chi connectivity index (χ2v) is 8.72. The molecule has 34 heavy (non-hydrogen) atoms. The minimum atomic E-state index is -0.714. The van der Waals surface area contributed by atoms with Crippen molar-refractivity contribution in [2.24, 2.45) is 0 Å². The molecule has 2 N–H and O–H groups in total. The highest BCUT2D eigenvalue weighted by atomic mass is 32.1. The van der Waals surface area contributed by atoms with Gasteiger partial charge in [-0.2, -0.15) is 0 Å². The number of pyridine rings is 1. The topological polar surface area (TPSA) is 107 Å². The van der Waals surface area contributed by atoms with E-state index in [9.17, 15) is 14.4 Å². The Hall–Kier alpha value is -3.56. The largest absolute Gasteiger partial charge is 0.452 e. The van der Waals surface area contributed by atoms with E-state index in [-0.39, 0.29) is 6.54 Å². The van der Waals surface area contributed by atoms with Gasteiger partial charge in [0.15, 0.2) is 6.61 Å². The Labute approximate surface area is 201 Å². The third-order valence-electron chi connectivity index (χ3n) is 5.41. The number of allylic oxidation sites excluding steroid dienone is 1. The van der Waals surface area contributed by atoms with E-state index in [1.54, 1.807) is 11.3 Å². The lowest BCUT2D eigenvalue weighted by atomic mass is 9.86. The maximum absolute atomic E-state index is 13.2. The van der Waals surface area contributed by atoms with Gasteiger partial charge in [0.25, 0.3) is 5.91 Å². The fourth-order valence-electron chi connectivity index (χ4n) is 3.93. The van der Waals surface area contributed by atoms with Gasteiger partial charge in [0.2, 0.25) is 0 Å². The third-order valence-corrected chi connectivity index (χ3v) is 6.23. The number of para-hydroxylation sites is 1. The van der Waals surface area contributed by atoms with Gasteiger partial charge in [0, 0.05) is 23.9 Å². The van der Waals surface area contributed by atoms with Gasteiger partial charge in [-0.3, -0.25) is 10.1 Å². The van der Waals surface area contributed by atoms with Gasteiger partial charge in [-0.1, -0.05) is 24.3 Å². The maximum atomic E-state index is 13.2. The second-order valence-electron chi connectivity index (χ2n) is 7.74. The summed E-state index contributed by atoms with van der Waals surface area (Å²) in [4.78, 5) is 43.0. The summed E-state index contributed by atoms with van der Waals surface area (Å²) < 4.78 is 10.2. The molecule has 3 aromatic rings. The minimum Gasteiger partial charge on any atom is -0.452 e. The van der Waals surface area contributed by atoms with Gasteiger partial charge in [-0.25, -0.2) is 14.6 Å². The Morgan fingerprint density at radius 1 is 1.15 bits per heavy atom. The molecule has 0 fully saturated rings. The highest BCUT2D eigenvalue weighted by Gasteiger charge is 2.26. The SMILES string of the molecule is COCCNC(=O)NC(=O)COC(=O)c1c2c(nc3ccccc13)/C(=C\c1cccs1)CCC2. The lowest BCUT2D eigenvalue weighted by Crippen LogP contribution is -2.42. The van der Waals surface area contributed by atoms with E-state index in [4.69, 9.17) is 14.5 Å². The molecule has 8 nitrogen and oxygen atoms in total. The van der Waals surface area contributed by atoms with Crippen molar-refractivity contribution in [1.29, 1.82) is 0 Å². The number of rotatable bonds is 7. The third kappa shape index (κ3) is 5.49. The van der Waals surface area contributed by atoms with Gasteiger partial charge < -0.3 is 14.8 Å². The van der Waals surface area contributed by atoms with Crippen LogP contribution in [0.1, 0.15) is 39.3 Å². The van der Waals surface area contributed by atoms with E-state index < -0.39 is 24.5 Å². The molecule has 1 aromatic carbocycles. The van der Waals surface area contributed by atoms with Crippen molar-refractivity contribution in [3.8, 4) is 0 Å². The van der Waals surface area contributed by atoms with Gasteiger partial charge in [0.1, 0.15) is 0 Å². The van der Waals surface area contributed by atoms with E-state index in [0.29, 0.717) is 29.5 Å². The van der Waals surface area contributed by atoms with Crippen LogP contribution in [0.4, 0.5) is 4.79 Å². The zero-order chi connectivity index (χ0) is 23.9. The van der Waals surface area contributed by atoms with Gasteiger partial charge in [-0.05, 0) is 54.0 Å². The molecule has 0 unspecified atom stereocenters. The number of carbonyl (C=O) groups is 3. The number of esters is 1. The fourth-order valence-corrected chi connectivity index (χ4v) is 4.61. The molecule has 1 aliphatic carbocycles. The summed E-state index contributed by atoms with van der Waals surface area (Å²) in [6, 6.07) is 10.8. The van der Waals surface area contributed by atoms with Crippen molar-refractivity contribution >= 4 is 51.8 Å². The van der Waals surface area contributed by atoms with E-state index in [0.717, 1.165) is 34.5 Å². The average molecular weight is 480 g/mol. The van der Waals surface area contributed by atoms with E-state index >= 15 is 0 Å². The molecule has 0 radical (unpaired) electrons. The number of imide groups is 1. The van der Waals surface area contributed by atoms with Gasteiger partial charge in [0.05, 0.1) is 23.4 Å². The molecule has 4 rings (SSSR count). The predicted molar refractivity (Wildman–Crippen MR) is 131 cm³/mol. The number of methoxy groups -OCH3 is 1. The van der Waals surface area contributed by atoms with Crippen LogP contribution in [0.25, 0.3) is 22.6 Å². The summed E-state index contributed by atoms with van der Waals surface area (Å²) in [6.07, 6.45) is 4.56. The maximum Gasteiger partial charge on any atom is 0.339 e. The Morgan fingerprint density at radius 3 is 2.79 bits per heavy atom. The number of ether oxygens (including phenoxy) is 2. The first-order chi connectivity index (χ1) is 16.6. The molecule has 176 valence electrons. The summed E-state index contributed by atoms with van der Waals surface area (Å²) in [7, 11) is 1.51. The summed E-state index contributed by atoms with van der Waals surface area (Å²) in [6.45, 7) is 0.00541. The Bertz CT molecular complexity index is 1240. The lowest BCUT2D eigenvalue weighted by Gasteiger charge is -2.22. The quantitative estimate of drug-likeness (QED) is 0.394. The number of urea groups is 1.